The highest BCUT2D eigenvalue weighted by molar-refractivity contribution is 5.44. The second-order valence-corrected chi connectivity index (χ2v) is 7.51. The minimum absolute atomic E-state index is 0.336. The Morgan fingerprint density at radius 1 is 1.13 bits per heavy atom. The first-order valence-corrected chi connectivity index (χ1v) is 9.68. The standard InChI is InChI=1S/C19H27NO.C2H6/c1-19-10-4-3-5-16(19)18(20-2)11-13-6-7-15(12-17(13)19)21-14-8-9-14;1-2/h6-7,12,14,16,18,20H,3-5,8-11H2,1-2H3;1-2H3/t16-,18+,19-;/m1./s1. The van der Waals surface area contributed by atoms with E-state index in [9.17, 15) is 0 Å². The molecule has 0 saturated heterocycles. The van der Waals surface area contributed by atoms with Crippen LogP contribution in [0.4, 0.5) is 0 Å². The fourth-order valence-corrected chi connectivity index (χ4v) is 4.74. The van der Waals surface area contributed by atoms with Crippen LogP contribution < -0.4 is 10.1 Å². The summed E-state index contributed by atoms with van der Waals surface area (Å²) in [5.74, 6) is 1.88. The smallest absolute Gasteiger partial charge is 0.120 e. The maximum Gasteiger partial charge on any atom is 0.120 e. The van der Waals surface area contributed by atoms with Crippen molar-refractivity contribution in [2.75, 3.05) is 7.05 Å². The molecule has 1 aromatic rings. The lowest BCUT2D eigenvalue weighted by atomic mass is 9.56. The normalized spacial score (nSPS) is 32.2. The van der Waals surface area contributed by atoms with Crippen LogP contribution in [0.3, 0.4) is 0 Å². The maximum absolute atomic E-state index is 6.05. The number of benzene rings is 1. The third kappa shape index (κ3) is 3.15. The van der Waals surface area contributed by atoms with Gasteiger partial charge >= 0.3 is 0 Å². The summed E-state index contributed by atoms with van der Waals surface area (Å²) in [6.07, 6.45) is 9.60. The molecule has 1 N–H and O–H groups in total. The molecule has 0 aliphatic heterocycles. The number of ether oxygens (including phenoxy) is 1. The zero-order valence-corrected chi connectivity index (χ0v) is 15.3. The van der Waals surface area contributed by atoms with Crippen molar-refractivity contribution in [1.82, 2.24) is 5.32 Å². The van der Waals surface area contributed by atoms with E-state index in [-0.39, 0.29) is 0 Å². The largest absolute Gasteiger partial charge is 0.490 e. The Morgan fingerprint density at radius 2 is 1.91 bits per heavy atom. The number of rotatable bonds is 3. The van der Waals surface area contributed by atoms with Gasteiger partial charge in [0, 0.05) is 6.04 Å². The van der Waals surface area contributed by atoms with E-state index < -0.39 is 0 Å². The van der Waals surface area contributed by atoms with E-state index in [4.69, 9.17) is 4.74 Å². The molecular weight excluding hydrogens is 282 g/mol. The first kappa shape index (κ1) is 16.8. The zero-order valence-electron chi connectivity index (χ0n) is 15.3. The summed E-state index contributed by atoms with van der Waals surface area (Å²) in [6.45, 7) is 6.50. The molecule has 128 valence electrons. The van der Waals surface area contributed by atoms with Crippen molar-refractivity contribution < 1.29 is 4.74 Å². The van der Waals surface area contributed by atoms with Crippen molar-refractivity contribution in [3.8, 4) is 5.75 Å². The van der Waals surface area contributed by atoms with Crippen LogP contribution in [0.2, 0.25) is 0 Å². The average Bonchev–Trinajstić information content (AvgIpc) is 3.40. The number of hydrogen-bond acceptors (Lipinski definition) is 2. The summed E-state index contributed by atoms with van der Waals surface area (Å²) in [4.78, 5) is 0. The van der Waals surface area contributed by atoms with Crippen molar-refractivity contribution in [3.05, 3.63) is 29.3 Å². The average molecular weight is 316 g/mol. The Kier molecular flexibility index (Phi) is 5.01. The molecule has 3 aliphatic carbocycles. The van der Waals surface area contributed by atoms with Gasteiger partial charge in [-0.2, -0.15) is 0 Å². The lowest BCUT2D eigenvalue weighted by Crippen LogP contribution is -2.51. The van der Waals surface area contributed by atoms with Crippen LogP contribution in [0.15, 0.2) is 18.2 Å². The number of likely N-dealkylation sites (N-methyl/N-ethyl adjacent to an activating group) is 1. The van der Waals surface area contributed by atoms with Gasteiger partial charge in [0.1, 0.15) is 5.75 Å². The molecule has 2 saturated carbocycles. The highest BCUT2D eigenvalue weighted by atomic mass is 16.5. The van der Waals surface area contributed by atoms with Crippen molar-refractivity contribution >= 4 is 0 Å². The van der Waals surface area contributed by atoms with E-state index in [1.165, 1.54) is 50.5 Å². The Bertz CT molecular complexity index is 537. The van der Waals surface area contributed by atoms with Gasteiger partial charge in [0.2, 0.25) is 0 Å². The molecule has 3 atom stereocenters. The topological polar surface area (TPSA) is 21.3 Å². The molecular formula is C21H33NO. The summed E-state index contributed by atoms with van der Waals surface area (Å²) in [6, 6.07) is 7.53. The summed E-state index contributed by atoms with van der Waals surface area (Å²) in [5, 5.41) is 3.59. The molecule has 0 bridgehead atoms. The van der Waals surface area contributed by atoms with E-state index in [0.29, 0.717) is 17.6 Å². The highest BCUT2D eigenvalue weighted by Crippen LogP contribution is 2.50. The number of hydrogen-bond donors (Lipinski definition) is 1. The summed E-state index contributed by atoms with van der Waals surface area (Å²) in [5.41, 5.74) is 3.46. The Morgan fingerprint density at radius 3 is 2.61 bits per heavy atom. The van der Waals surface area contributed by atoms with Crippen LogP contribution in [-0.2, 0) is 11.8 Å². The SMILES string of the molecule is CC.CN[C@H]1Cc2ccc(OC3CC3)cc2[C@]2(C)CCCC[C@H]12. The van der Waals surface area contributed by atoms with Crippen LogP contribution in [-0.4, -0.2) is 19.2 Å². The van der Waals surface area contributed by atoms with Gasteiger partial charge in [-0.05, 0) is 73.7 Å². The molecule has 0 heterocycles. The van der Waals surface area contributed by atoms with Crippen LogP contribution in [0.5, 0.6) is 5.75 Å². The van der Waals surface area contributed by atoms with Gasteiger partial charge in [-0.1, -0.05) is 39.7 Å². The Labute approximate surface area is 142 Å². The van der Waals surface area contributed by atoms with Gasteiger partial charge in [-0.25, -0.2) is 0 Å². The molecule has 3 aliphatic rings. The molecule has 2 nitrogen and oxygen atoms in total. The van der Waals surface area contributed by atoms with Crippen LogP contribution in [0, 0.1) is 5.92 Å². The fraction of sp³-hybridized carbons (Fsp3) is 0.714. The zero-order chi connectivity index (χ0) is 16.4. The van der Waals surface area contributed by atoms with E-state index in [2.05, 4.69) is 37.5 Å². The van der Waals surface area contributed by atoms with E-state index >= 15 is 0 Å². The van der Waals surface area contributed by atoms with Gasteiger partial charge in [-0.15, -0.1) is 0 Å². The van der Waals surface area contributed by atoms with Gasteiger partial charge < -0.3 is 10.1 Å². The quantitative estimate of drug-likeness (QED) is 0.861. The number of nitrogens with one attached hydrogen (secondary N) is 1. The lowest BCUT2D eigenvalue weighted by molar-refractivity contribution is 0.141. The van der Waals surface area contributed by atoms with Crippen LogP contribution in [0.1, 0.15) is 70.4 Å². The number of fused-ring (bicyclic) bond motifs is 3. The molecule has 0 spiro atoms. The second-order valence-electron chi connectivity index (χ2n) is 7.51. The van der Waals surface area contributed by atoms with Crippen molar-refractivity contribution in [1.29, 1.82) is 0 Å². The predicted octanol–water partition coefficient (Wildman–Crippen LogP) is 4.85. The Hall–Kier alpha value is -1.02. The molecule has 1 aromatic carbocycles. The highest BCUT2D eigenvalue weighted by Gasteiger charge is 2.46. The first-order chi connectivity index (χ1) is 11.2. The predicted molar refractivity (Wildman–Crippen MR) is 97.3 cm³/mol. The minimum atomic E-state index is 0.336. The summed E-state index contributed by atoms with van der Waals surface area (Å²) >= 11 is 0. The van der Waals surface area contributed by atoms with E-state index in [1.807, 2.05) is 13.8 Å². The van der Waals surface area contributed by atoms with Crippen LogP contribution in [0.25, 0.3) is 0 Å². The van der Waals surface area contributed by atoms with Gasteiger partial charge in [0.15, 0.2) is 0 Å². The molecule has 2 heteroatoms. The third-order valence-corrected chi connectivity index (χ3v) is 6.10. The van der Waals surface area contributed by atoms with Crippen molar-refractivity contribution in [2.45, 2.75) is 83.3 Å². The molecule has 2 fully saturated rings. The van der Waals surface area contributed by atoms with Gasteiger partial charge in [0.25, 0.3) is 0 Å². The second kappa shape index (κ2) is 6.84. The third-order valence-electron chi connectivity index (χ3n) is 6.10. The maximum atomic E-state index is 6.05. The van der Waals surface area contributed by atoms with Gasteiger partial charge in [-0.3, -0.25) is 0 Å². The van der Waals surface area contributed by atoms with Crippen molar-refractivity contribution in [2.24, 2.45) is 5.92 Å². The molecule has 23 heavy (non-hydrogen) atoms. The van der Waals surface area contributed by atoms with E-state index in [0.717, 1.165) is 11.7 Å². The monoisotopic (exact) mass is 315 g/mol. The molecule has 0 amide bonds. The molecule has 0 radical (unpaired) electrons. The Balaban J connectivity index is 0.000000753. The summed E-state index contributed by atoms with van der Waals surface area (Å²) in [7, 11) is 2.13. The van der Waals surface area contributed by atoms with Crippen molar-refractivity contribution in [3.63, 3.8) is 0 Å². The summed E-state index contributed by atoms with van der Waals surface area (Å²) < 4.78 is 6.05. The van der Waals surface area contributed by atoms with Gasteiger partial charge in [0.05, 0.1) is 6.10 Å². The molecule has 0 aromatic heterocycles. The first-order valence-electron chi connectivity index (χ1n) is 9.68. The molecule has 0 unspecified atom stereocenters. The lowest BCUT2D eigenvalue weighted by Gasteiger charge is -2.50. The fourth-order valence-electron chi connectivity index (χ4n) is 4.74. The van der Waals surface area contributed by atoms with Crippen LogP contribution >= 0.6 is 0 Å². The molecule has 4 rings (SSSR count). The van der Waals surface area contributed by atoms with E-state index in [1.54, 1.807) is 5.56 Å². The minimum Gasteiger partial charge on any atom is -0.490 e.